The lowest BCUT2D eigenvalue weighted by molar-refractivity contribution is 0.282. The van der Waals surface area contributed by atoms with E-state index in [4.69, 9.17) is 16.7 Å². The first kappa shape index (κ1) is 13.1. The Morgan fingerprint density at radius 2 is 1.65 bits per heavy atom. The summed E-state index contributed by atoms with van der Waals surface area (Å²) in [5, 5.41) is 11.7. The molecular formula is C17H12ClFO. The van der Waals surface area contributed by atoms with Gasteiger partial charge in [-0.1, -0.05) is 35.9 Å². The van der Waals surface area contributed by atoms with Gasteiger partial charge in [-0.2, -0.15) is 0 Å². The molecule has 0 saturated heterocycles. The highest BCUT2D eigenvalue weighted by molar-refractivity contribution is 6.30. The molecule has 0 atom stereocenters. The van der Waals surface area contributed by atoms with Crippen LogP contribution in [0.3, 0.4) is 0 Å². The van der Waals surface area contributed by atoms with Gasteiger partial charge in [-0.3, -0.25) is 0 Å². The van der Waals surface area contributed by atoms with Crippen LogP contribution in [0, 0.1) is 5.82 Å². The third kappa shape index (κ3) is 2.40. The zero-order chi connectivity index (χ0) is 14.1. The van der Waals surface area contributed by atoms with Crippen LogP contribution in [0.1, 0.15) is 5.56 Å². The molecular weight excluding hydrogens is 275 g/mol. The summed E-state index contributed by atoms with van der Waals surface area (Å²) in [5.41, 5.74) is 2.14. The minimum Gasteiger partial charge on any atom is -0.392 e. The van der Waals surface area contributed by atoms with Crippen molar-refractivity contribution in [3.05, 3.63) is 71.0 Å². The maximum Gasteiger partial charge on any atom is 0.131 e. The summed E-state index contributed by atoms with van der Waals surface area (Å²) in [6.45, 7) is 0.0145. The maximum absolute atomic E-state index is 13.9. The third-order valence-electron chi connectivity index (χ3n) is 3.33. The van der Waals surface area contributed by atoms with Crippen molar-refractivity contribution in [1.82, 2.24) is 0 Å². The van der Waals surface area contributed by atoms with E-state index in [0.717, 1.165) is 21.9 Å². The monoisotopic (exact) mass is 286 g/mol. The molecule has 100 valence electrons. The van der Waals surface area contributed by atoms with Crippen molar-refractivity contribution in [3.8, 4) is 11.1 Å². The predicted octanol–water partition coefficient (Wildman–Crippen LogP) is 4.79. The number of benzene rings is 3. The van der Waals surface area contributed by atoms with Gasteiger partial charge in [0.15, 0.2) is 0 Å². The van der Waals surface area contributed by atoms with Gasteiger partial charge in [-0.25, -0.2) is 4.39 Å². The van der Waals surface area contributed by atoms with E-state index >= 15 is 0 Å². The summed E-state index contributed by atoms with van der Waals surface area (Å²) >= 11 is 5.93. The van der Waals surface area contributed by atoms with Crippen LogP contribution in [0.5, 0.6) is 0 Å². The van der Waals surface area contributed by atoms with Crippen molar-refractivity contribution in [2.24, 2.45) is 0 Å². The second kappa shape index (κ2) is 5.23. The molecule has 0 fully saturated rings. The lowest BCUT2D eigenvalue weighted by Crippen LogP contribution is -1.86. The van der Waals surface area contributed by atoms with Gasteiger partial charge in [0.2, 0.25) is 0 Å². The number of halogens is 2. The maximum atomic E-state index is 13.9. The molecule has 0 unspecified atom stereocenters. The van der Waals surface area contributed by atoms with E-state index in [1.54, 1.807) is 6.07 Å². The molecule has 0 heterocycles. The van der Waals surface area contributed by atoms with Crippen LogP contribution in [-0.4, -0.2) is 5.11 Å². The second-order valence-corrected chi connectivity index (χ2v) is 5.12. The van der Waals surface area contributed by atoms with Crippen molar-refractivity contribution < 1.29 is 9.50 Å². The van der Waals surface area contributed by atoms with Gasteiger partial charge in [-0.05, 0) is 52.2 Å². The molecule has 3 rings (SSSR count). The summed E-state index contributed by atoms with van der Waals surface area (Å²) in [7, 11) is 0. The molecule has 0 aliphatic rings. The van der Waals surface area contributed by atoms with Gasteiger partial charge in [-0.15, -0.1) is 0 Å². The first-order chi connectivity index (χ1) is 9.67. The molecule has 20 heavy (non-hydrogen) atoms. The first-order valence-corrected chi connectivity index (χ1v) is 6.64. The van der Waals surface area contributed by atoms with Gasteiger partial charge in [0.1, 0.15) is 5.82 Å². The van der Waals surface area contributed by atoms with Crippen LogP contribution in [0.15, 0.2) is 54.6 Å². The fourth-order valence-corrected chi connectivity index (χ4v) is 2.45. The molecule has 0 aliphatic heterocycles. The van der Waals surface area contributed by atoms with Crippen LogP contribution in [0.25, 0.3) is 21.9 Å². The number of hydrogen-bond donors (Lipinski definition) is 1. The van der Waals surface area contributed by atoms with Crippen molar-refractivity contribution in [2.45, 2.75) is 6.61 Å². The van der Waals surface area contributed by atoms with E-state index in [0.29, 0.717) is 10.6 Å². The quantitative estimate of drug-likeness (QED) is 0.718. The molecule has 0 aliphatic carbocycles. The Kier molecular flexibility index (Phi) is 3.43. The number of fused-ring (bicyclic) bond motifs is 1. The summed E-state index contributed by atoms with van der Waals surface area (Å²) < 4.78 is 13.9. The highest BCUT2D eigenvalue weighted by Crippen LogP contribution is 2.29. The number of hydrogen-bond acceptors (Lipinski definition) is 1. The largest absolute Gasteiger partial charge is 0.392 e. The third-order valence-corrected chi connectivity index (χ3v) is 3.56. The Labute approximate surface area is 121 Å². The topological polar surface area (TPSA) is 20.2 Å². The number of aliphatic hydroxyl groups excluding tert-OH is 1. The Morgan fingerprint density at radius 1 is 0.900 bits per heavy atom. The van der Waals surface area contributed by atoms with Crippen molar-refractivity contribution in [1.29, 1.82) is 0 Å². The van der Waals surface area contributed by atoms with Crippen molar-refractivity contribution in [3.63, 3.8) is 0 Å². The van der Waals surface area contributed by atoms with E-state index < -0.39 is 0 Å². The predicted molar refractivity (Wildman–Crippen MR) is 80.3 cm³/mol. The van der Waals surface area contributed by atoms with Gasteiger partial charge < -0.3 is 5.11 Å². The van der Waals surface area contributed by atoms with E-state index in [1.165, 1.54) is 12.1 Å². The van der Waals surface area contributed by atoms with E-state index in [9.17, 15) is 4.39 Å². The molecule has 0 aromatic heterocycles. The zero-order valence-electron chi connectivity index (χ0n) is 10.6. The Morgan fingerprint density at radius 3 is 2.45 bits per heavy atom. The van der Waals surface area contributed by atoms with Gasteiger partial charge in [0, 0.05) is 10.6 Å². The first-order valence-electron chi connectivity index (χ1n) is 6.26. The standard InChI is InChI=1S/C17H12ClFO/c18-15-5-6-17(19)16(9-15)14-4-3-12-7-11(10-20)1-2-13(12)8-14/h1-9,20H,10H2. The van der Waals surface area contributed by atoms with Crippen LogP contribution < -0.4 is 0 Å². The summed E-state index contributed by atoms with van der Waals surface area (Å²) in [6, 6.07) is 15.9. The summed E-state index contributed by atoms with van der Waals surface area (Å²) in [6.07, 6.45) is 0. The van der Waals surface area contributed by atoms with Crippen LogP contribution in [0.4, 0.5) is 4.39 Å². The van der Waals surface area contributed by atoms with Crippen molar-refractivity contribution in [2.75, 3.05) is 0 Å². The normalized spacial score (nSPS) is 10.9. The molecule has 1 nitrogen and oxygen atoms in total. The fraction of sp³-hybridized carbons (Fsp3) is 0.0588. The molecule has 3 heteroatoms. The smallest absolute Gasteiger partial charge is 0.131 e. The minimum absolute atomic E-state index is 0.0145. The Bertz CT molecular complexity index is 783. The number of rotatable bonds is 2. The van der Waals surface area contributed by atoms with Gasteiger partial charge in [0.05, 0.1) is 6.61 Å². The van der Waals surface area contributed by atoms with Crippen molar-refractivity contribution >= 4 is 22.4 Å². The fourth-order valence-electron chi connectivity index (χ4n) is 2.28. The summed E-state index contributed by atoms with van der Waals surface area (Å²) in [4.78, 5) is 0. The zero-order valence-corrected chi connectivity index (χ0v) is 11.4. The van der Waals surface area contributed by atoms with E-state index in [2.05, 4.69) is 0 Å². The van der Waals surface area contributed by atoms with Crippen LogP contribution >= 0.6 is 11.6 Å². The highest BCUT2D eigenvalue weighted by Gasteiger charge is 2.07. The minimum atomic E-state index is -0.291. The highest BCUT2D eigenvalue weighted by atomic mass is 35.5. The molecule has 3 aromatic rings. The number of aliphatic hydroxyl groups is 1. The van der Waals surface area contributed by atoms with Gasteiger partial charge in [0.25, 0.3) is 0 Å². The molecule has 0 bridgehead atoms. The van der Waals surface area contributed by atoms with E-state index in [1.807, 2.05) is 36.4 Å². The van der Waals surface area contributed by atoms with E-state index in [-0.39, 0.29) is 12.4 Å². The molecule has 0 amide bonds. The Hall–Kier alpha value is -1.90. The second-order valence-electron chi connectivity index (χ2n) is 4.68. The lowest BCUT2D eigenvalue weighted by Gasteiger charge is -2.07. The van der Waals surface area contributed by atoms with Crippen LogP contribution in [-0.2, 0) is 6.61 Å². The molecule has 0 saturated carbocycles. The lowest BCUT2D eigenvalue weighted by atomic mass is 10.00. The Balaban J connectivity index is 2.15. The molecule has 1 N–H and O–H groups in total. The SMILES string of the molecule is OCc1ccc2cc(-c3cc(Cl)ccc3F)ccc2c1. The average Bonchev–Trinajstić information content (AvgIpc) is 2.48. The average molecular weight is 287 g/mol. The summed E-state index contributed by atoms with van der Waals surface area (Å²) in [5.74, 6) is -0.291. The molecule has 3 aromatic carbocycles. The van der Waals surface area contributed by atoms with Gasteiger partial charge >= 0.3 is 0 Å². The molecule has 0 radical (unpaired) electrons. The van der Waals surface area contributed by atoms with Crippen LogP contribution in [0.2, 0.25) is 5.02 Å². The molecule has 0 spiro atoms.